The average Bonchev–Trinajstić information content (AvgIpc) is 4.08. The molecule has 8 rings (SSSR count). The molecular weight excluding hydrogens is 958 g/mol. The van der Waals surface area contributed by atoms with Crippen LogP contribution in [0.4, 0.5) is 13.2 Å². The number of benzene rings is 3. The fourth-order valence-electron chi connectivity index (χ4n) is 8.96. The van der Waals surface area contributed by atoms with Crippen LogP contribution >= 0.6 is 22.7 Å². The second-order valence-corrected chi connectivity index (χ2v) is 21.0. The van der Waals surface area contributed by atoms with Crippen molar-refractivity contribution in [2.24, 2.45) is 10.4 Å². The first-order chi connectivity index (χ1) is 33.5. The molecule has 0 spiro atoms. The quantitative estimate of drug-likeness (QED) is 0.0870. The lowest BCUT2D eigenvalue weighted by atomic mass is 9.85. The van der Waals surface area contributed by atoms with Gasteiger partial charge >= 0.3 is 12.1 Å². The third kappa shape index (κ3) is 10.5. The number of β-amino-alcohol motifs (C(OH)–C–C–N with tert-alkyl or cyclic N) is 1. The molecule has 5 heterocycles. The van der Waals surface area contributed by atoms with E-state index in [1.807, 2.05) is 56.5 Å². The fourth-order valence-corrected chi connectivity index (χ4v) is 11.0. The van der Waals surface area contributed by atoms with E-state index >= 15 is 0 Å². The van der Waals surface area contributed by atoms with Crippen LogP contribution in [0.2, 0.25) is 0 Å². The Bertz CT molecular complexity index is 3050. The van der Waals surface area contributed by atoms with Crippen molar-refractivity contribution in [1.29, 1.82) is 0 Å². The lowest BCUT2D eigenvalue weighted by Crippen LogP contribution is -2.58. The van der Waals surface area contributed by atoms with Crippen LogP contribution in [0.25, 0.3) is 26.6 Å². The van der Waals surface area contributed by atoms with E-state index < -0.39 is 77.7 Å². The summed E-state index contributed by atoms with van der Waals surface area (Å²) in [4.78, 5) is 66.0. The SMILES string of the molecule is Cc1ncsc1-c1ccc([C@H](C)NC(=O)[C@@H]2C[C@@H](O)CN2C(=O)[C@@H](NC(=O)COc2ccc(-c3ccc(C4=N[C@@H](CC(=O)O)c5nnc(C)n5-c5sc(C)c(C)c54)cc3)c(C(F)(F)F)c2)C(C)(C)C)cc1. The van der Waals surface area contributed by atoms with E-state index in [2.05, 4.69) is 25.8 Å². The number of hydrogen-bond donors (Lipinski definition) is 4. The van der Waals surface area contributed by atoms with Crippen LogP contribution in [0, 0.1) is 33.1 Å². The number of thiazole rings is 1. The summed E-state index contributed by atoms with van der Waals surface area (Å²) in [6, 6.07) is 13.9. The molecule has 3 aromatic heterocycles. The highest BCUT2D eigenvalue weighted by Crippen LogP contribution is 2.42. The van der Waals surface area contributed by atoms with Crippen molar-refractivity contribution < 1.29 is 47.3 Å². The molecule has 2 aliphatic rings. The van der Waals surface area contributed by atoms with Gasteiger partial charge in [-0.05, 0) is 80.0 Å². The first kappa shape index (κ1) is 50.6. The number of amides is 3. The lowest BCUT2D eigenvalue weighted by Gasteiger charge is -2.35. The van der Waals surface area contributed by atoms with E-state index in [-0.39, 0.29) is 36.3 Å². The van der Waals surface area contributed by atoms with Crippen LogP contribution in [0.1, 0.15) is 103 Å². The Morgan fingerprint density at radius 3 is 2.23 bits per heavy atom. The number of aromatic nitrogens is 4. The molecule has 5 atom stereocenters. The van der Waals surface area contributed by atoms with E-state index in [1.54, 1.807) is 45.3 Å². The Labute approximate surface area is 415 Å². The number of ether oxygens (including phenoxy) is 1. The van der Waals surface area contributed by atoms with E-state index in [1.165, 1.54) is 51.8 Å². The number of rotatable bonds is 13. The summed E-state index contributed by atoms with van der Waals surface area (Å²) in [5.41, 5.74) is 5.38. The van der Waals surface area contributed by atoms with E-state index in [0.29, 0.717) is 22.9 Å². The fraction of sp³-hybridized carbons (Fsp3) is 0.373. The summed E-state index contributed by atoms with van der Waals surface area (Å²) in [5, 5.41) is 35.4. The van der Waals surface area contributed by atoms with Gasteiger partial charge in [0.25, 0.3) is 5.91 Å². The maximum Gasteiger partial charge on any atom is 0.417 e. The third-order valence-electron chi connectivity index (χ3n) is 12.8. The molecule has 0 bridgehead atoms. The lowest BCUT2D eigenvalue weighted by molar-refractivity contribution is -0.144. The van der Waals surface area contributed by atoms with E-state index in [0.717, 1.165) is 48.8 Å². The molecule has 2 aliphatic heterocycles. The zero-order chi connectivity index (χ0) is 51.3. The van der Waals surface area contributed by atoms with Gasteiger partial charge in [0.05, 0.1) is 45.9 Å². The Morgan fingerprint density at radius 2 is 1.59 bits per heavy atom. The zero-order valence-electron chi connectivity index (χ0n) is 40.2. The summed E-state index contributed by atoms with van der Waals surface area (Å²) in [6.45, 7) is 13.7. The third-order valence-corrected chi connectivity index (χ3v) is 15.0. The van der Waals surface area contributed by atoms with Gasteiger partial charge in [-0.25, -0.2) is 4.98 Å². The van der Waals surface area contributed by atoms with Crippen LogP contribution < -0.4 is 15.4 Å². The number of aliphatic carboxylic acids is 1. The summed E-state index contributed by atoms with van der Waals surface area (Å²) >= 11 is 3.02. The van der Waals surface area contributed by atoms with Crippen molar-refractivity contribution in [2.45, 2.75) is 105 Å². The van der Waals surface area contributed by atoms with Crippen LogP contribution in [-0.2, 0) is 25.4 Å². The number of hydrogen-bond acceptors (Lipinski definition) is 12. The molecule has 0 unspecified atom stereocenters. The zero-order valence-corrected chi connectivity index (χ0v) is 41.8. The molecule has 1 saturated heterocycles. The number of halogens is 3. The summed E-state index contributed by atoms with van der Waals surface area (Å²) in [5.74, 6) is -2.28. The number of nitrogens with one attached hydrogen (secondary N) is 2. The molecule has 3 aromatic carbocycles. The number of thiophene rings is 1. The Morgan fingerprint density at radius 1 is 0.915 bits per heavy atom. The minimum Gasteiger partial charge on any atom is -0.484 e. The predicted molar refractivity (Wildman–Crippen MR) is 263 cm³/mol. The van der Waals surface area contributed by atoms with Gasteiger partial charge in [0, 0.05) is 29.0 Å². The molecule has 20 heteroatoms. The first-order valence-corrected chi connectivity index (χ1v) is 24.6. The number of carbonyl (C=O) groups is 4. The maximum atomic E-state index is 14.8. The molecule has 6 aromatic rings. The number of nitrogens with zero attached hydrogens (tertiary/aromatic N) is 6. The number of carboxylic acid groups (broad SMARTS) is 1. The first-order valence-electron chi connectivity index (χ1n) is 22.9. The maximum absolute atomic E-state index is 14.8. The molecule has 3 amide bonds. The van der Waals surface area contributed by atoms with Gasteiger partial charge in [0.2, 0.25) is 11.8 Å². The second-order valence-electron chi connectivity index (χ2n) is 18.9. The number of carbonyl (C=O) groups excluding carboxylic acids is 3. The molecule has 0 saturated carbocycles. The van der Waals surface area contributed by atoms with Crippen LogP contribution in [0.3, 0.4) is 0 Å². The second kappa shape index (κ2) is 19.8. The predicted octanol–water partition coefficient (Wildman–Crippen LogP) is 8.49. The molecule has 15 nitrogen and oxygen atoms in total. The van der Waals surface area contributed by atoms with E-state index in [4.69, 9.17) is 9.73 Å². The van der Waals surface area contributed by atoms with Crippen molar-refractivity contribution in [3.8, 4) is 32.3 Å². The highest BCUT2D eigenvalue weighted by atomic mass is 32.1. The topological polar surface area (TPSA) is 201 Å². The number of carboxylic acids is 1. The smallest absolute Gasteiger partial charge is 0.417 e. The number of aliphatic hydroxyl groups is 1. The van der Waals surface area contributed by atoms with Crippen LogP contribution in [0.15, 0.2) is 77.2 Å². The normalized spacial score (nSPS) is 17.7. The highest BCUT2D eigenvalue weighted by molar-refractivity contribution is 7.15. The van der Waals surface area contributed by atoms with Crippen LogP contribution in [0.5, 0.6) is 5.75 Å². The average molecular weight is 1010 g/mol. The van der Waals surface area contributed by atoms with Gasteiger partial charge < -0.3 is 30.5 Å². The summed E-state index contributed by atoms with van der Waals surface area (Å²) in [6.07, 6.45) is -6.21. The molecule has 0 radical (unpaired) electrons. The molecule has 1 fully saturated rings. The number of likely N-dealkylation sites (tertiary alicyclic amines) is 1. The van der Waals surface area contributed by atoms with Gasteiger partial charge in [0.1, 0.15) is 34.7 Å². The number of alkyl halides is 3. The van der Waals surface area contributed by atoms with Crippen molar-refractivity contribution in [3.05, 3.63) is 122 Å². The van der Waals surface area contributed by atoms with Crippen molar-refractivity contribution in [3.63, 3.8) is 0 Å². The molecular formula is C51H53F3N8O7S2. The minimum atomic E-state index is -4.84. The highest BCUT2D eigenvalue weighted by Gasteiger charge is 2.45. The number of fused-ring (bicyclic) bond motifs is 3. The number of aliphatic imine (C=N–C) groups is 1. The van der Waals surface area contributed by atoms with E-state index in [9.17, 15) is 42.6 Å². The van der Waals surface area contributed by atoms with Crippen molar-refractivity contribution in [1.82, 2.24) is 35.3 Å². The number of aryl methyl sites for hydroxylation is 3. The van der Waals surface area contributed by atoms with Crippen molar-refractivity contribution >= 4 is 52.1 Å². The Hall–Kier alpha value is -6.77. The molecule has 372 valence electrons. The number of aliphatic hydroxyl groups excluding tert-OH is 1. The van der Waals surface area contributed by atoms with Crippen LogP contribution in [-0.4, -0.2) is 95.6 Å². The molecule has 71 heavy (non-hydrogen) atoms. The Kier molecular flexibility index (Phi) is 14.1. The Balaban J connectivity index is 0.959. The molecule has 0 aliphatic carbocycles. The summed E-state index contributed by atoms with van der Waals surface area (Å²) < 4.78 is 51.8. The molecule has 4 N–H and O–H groups in total. The monoisotopic (exact) mass is 1010 g/mol. The van der Waals surface area contributed by atoms with Gasteiger partial charge in [-0.1, -0.05) is 75.4 Å². The summed E-state index contributed by atoms with van der Waals surface area (Å²) in [7, 11) is 0. The standard InChI is InChI=1S/C51H53F3N8O7S2/c1-25-28(4)71-49-42(25)43(57-38(21-41(65)66)46-60-59-29(5)62(46)49)32-13-11-31(12-14-32)36-18-17-35(20-37(36)51(52,53)54)69-23-40(64)58-45(50(6,7)8)48(68)61-22-34(63)19-39(61)47(67)56-26(2)30-9-15-33(16-10-30)44-27(3)55-24-70-44/h9-18,20,24,26,34,38-39,45,63H,19,21-23H2,1-8H3,(H,56,67)(H,58,64)(H,65,66)/t26-,34+,38-,39-,45+/m0/s1. The van der Waals surface area contributed by atoms with Gasteiger partial charge in [-0.3, -0.25) is 28.7 Å². The van der Waals surface area contributed by atoms with Gasteiger partial charge in [0.15, 0.2) is 12.4 Å². The van der Waals surface area contributed by atoms with Gasteiger partial charge in [-0.15, -0.1) is 32.9 Å². The largest absolute Gasteiger partial charge is 0.484 e. The minimum absolute atomic E-state index is 0.0195. The van der Waals surface area contributed by atoms with Gasteiger partial charge in [-0.2, -0.15) is 13.2 Å². The van der Waals surface area contributed by atoms with Crippen molar-refractivity contribution in [2.75, 3.05) is 13.2 Å².